The molecule has 14 heteroatoms. The van der Waals surface area contributed by atoms with Crippen molar-refractivity contribution < 1.29 is 21.6 Å². The van der Waals surface area contributed by atoms with Gasteiger partial charge in [0, 0.05) is 18.4 Å². The molecule has 3 heterocycles. The number of hydrogen-bond acceptors (Lipinski definition) is 9. The van der Waals surface area contributed by atoms with E-state index in [4.69, 9.17) is 0 Å². The first-order valence-electron chi connectivity index (χ1n) is 11.5. The Morgan fingerprint density at radius 3 is 2.51 bits per heavy atom. The van der Waals surface area contributed by atoms with E-state index in [1.807, 2.05) is 24.3 Å². The molecule has 10 nitrogen and oxygen atoms in total. The zero-order valence-electron chi connectivity index (χ0n) is 20.4. The number of alkyl halides is 3. The average molecular weight is 555 g/mol. The Morgan fingerprint density at radius 2 is 1.77 bits per heavy atom. The van der Waals surface area contributed by atoms with Crippen molar-refractivity contribution in [3.05, 3.63) is 78.9 Å². The van der Waals surface area contributed by atoms with E-state index < -0.39 is 22.6 Å². The van der Waals surface area contributed by atoms with E-state index in [-0.39, 0.29) is 28.7 Å². The Bertz CT molecular complexity index is 1740. The van der Waals surface area contributed by atoms with E-state index in [0.717, 1.165) is 17.5 Å². The number of hydrogen-bond donors (Lipinski definition) is 2. The molecule has 0 saturated heterocycles. The predicted octanol–water partition coefficient (Wildman–Crippen LogP) is 4.26. The maximum atomic E-state index is 13.1. The van der Waals surface area contributed by atoms with Crippen molar-refractivity contribution >= 4 is 32.6 Å². The van der Waals surface area contributed by atoms with Crippen molar-refractivity contribution in [2.45, 2.75) is 17.6 Å². The molecule has 0 fully saturated rings. The number of aromatic nitrogens is 6. The molecule has 5 rings (SSSR count). The van der Waals surface area contributed by atoms with Gasteiger partial charge in [0.25, 0.3) is 0 Å². The molecule has 2 N–H and O–H groups in total. The molecule has 0 amide bonds. The van der Waals surface area contributed by atoms with E-state index in [2.05, 4.69) is 35.7 Å². The van der Waals surface area contributed by atoms with E-state index in [9.17, 15) is 21.6 Å². The van der Waals surface area contributed by atoms with E-state index >= 15 is 0 Å². The minimum absolute atomic E-state index is 0.0982. The number of nitrogens with one attached hydrogen (secondary N) is 2. The van der Waals surface area contributed by atoms with Gasteiger partial charge in [0.15, 0.2) is 15.7 Å². The number of anilines is 2. The van der Waals surface area contributed by atoms with Crippen LogP contribution in [0.25, 0.3) is 28.0 Å². The van der Waals surface area contributed by atoms with Crippen LogP contribution in [-0.2, 0) is 16.4 Å². The third-order valence-corrected chi connectivity index (χ3v) is 6.71. The van der Waals surface area contributed by atoms with Crippen LogP contribution in [0.5, 0.6) is 0 Å². The lowest BCUT2D eigenvalue weighted by Gasteiger charge is -2.14. The fourth-order valence-electron chi connectivity index (χ4n) is 3.78. The number of sulfone groups is 1. The standard InChI is InChI=1S/C25H21F3N8O2S/c1-39(37,38)19-7-3-5-17(11-19)20-8-9-21-22(33-20)23(31-13-25(26,27)28)35-24(34-21)30-12-16-4-2-6-18(10-16)36-15-29-14-32-36/h2-11,14-15H,12-13H2,1H3,(H2,30,31,34,35). The number of halogens is 3. The summed E-state index contributed by atoms with van der Waals surface area (Å²) in [5.41, 5.74) is 2.90. The Hall–Kier alpha value is -4.59. The van der Waals surface area contributed by atoms with Crippen molar-refractivity contribution in [3.63, 3.8) is 0 Å². The van der Waals surface area contributed by atoms with Crippen molar-refractivity contribution in [2.75, 3.05) is 23.4 Å². The first kappa shape index (κ1) is 26.0. The molecule has 0 spiro atoms. The van der Waals surface area contributed by atoms with Crippen LogP contribution in [0.1, 0.15) is 5.56 Å². The second-order valence-corrected chi connectivity index (χ2v) is 10.6. The quantitative estimate of drug-likeness (QED) is 0.289. The zero-order valence-corrected chi connectivity index (χ0v) is 21.2. The Morgan fingerprint density at radius 1 is 0.949 bits per heavy atom. The summed E-state index contributed by atoms with van der Waals surface area (Å²) in [5, 5.41) is 9.47. The van der Waals surface area contributed by atoms with Crippen LogP contribution in [0.4, 0.5) is 24.9 Å². The van der Waals surface area contributed by atoms with Crippen molar-refractivity contribution in [1.29, 1.82) is 0 Å². The van der Waals surface area contributed by atoms with Gasteiger partial charge in [0.2, 0.25) is 5.95 Å². The van der Waals surface area contributed by atoms with Gasteiger partial charge < -0.3 is 10.6 Å². The summed E-state index contributed by atoms with van der Waals surface area (Å²) in [7, 11) is -3.47. The van der Waals surface area contributed by atoms with Crippen LogP contribution in [0, 0.1) is 0 Å². The van der Waals surface area contributed by atoms with Crippen molar-refractivity contribution in [1.82, 2.24) is 29.7 Å². The lowest BCUT2D eigenvalue weighted by molar-refractivity contribution is -0.115. The normalized spacial score (nSPS) is 12.0. The molecule has 0 bridgehead atoms. The molecule has 0 radical (unpaired) electrons. The Labute approximate surface area is 220 Å². The topological polar surface area (TPSA) is 128 Å². The lowest BCUT2D eigenvalue weighted by Crippen LogP contribution is -2.22. The summed E-state index contributed by atoms with van der Waals surface area (Å²) in [6, 6.07) is 16.8. The summed E-state index contributed by atoms with van der Waals surface area (Å²) in [6.45, 7) is -1.04. The van der Waals surface area contributed by atoms with Crippen LogP contribution in [0.3, 0.4) is 0 Å². The molecule has 0 aliphatic heterocycles. The SMILES string of the molecule is CS(=O)(=O)c1cccc(-c2ccc3nc(NCc4cccc(-n5cncn5)c4)nc(NCC(F)(F)F)c3n2)c1. The third kappa shape index (κ3) is 6.29. The van der Waals surface area contributed by atoms with Gasteiger partial charge in [0.1, 0.15) is 24.7 Å². The van der Waals surface area contributed by atoms with Gasteiger partial charge >= 0.3 is 6.18 Å². The number of nitrogens with zero attached hydrogens (tertiary/aromatic N) is 6. The summed E-state index contributed by atoms with van der Waals surface area (Å²) >= 11 is 0. The van der Waals surface area contributed by atoms with Crippen LogP contribution in [0.2, 0.25) is 0 Å². The van der Waals surface area contributed by atoms with Gasteiger partial charge in [-0.3, -0.25) is 0 Å². The van der Waals surface area contributed by atoms with Crippen LogP contribution >= 0.6 is 0 Å². The summed E-state index contributed by atoms with van der Waals surface area (Å²) in [6.07, 6.45) is -0.415. The molecule has 0 saturated carbocycles. The van der Waals surface area contributed by atoms with E-state index in [1.54, 1.807) is 35.3 Å². The Balaban J connectivity index is 1.48. The maximum absolute atomic E-state index is 13.1. The van der Waals surface area contributed by atoms with Crippen LogP contribution in [-0.4, -0.2) is 57.1 Å². The van der Waals surface area contributed by atoms with Gasteiger partial charge in [0.05, 0.1) is 21.8 Å². The average Bonchev–Trinajstić information content (AvgIpc) is 3.45. The molecule has 5 aromatic rings. The van der Waals surface area contributed by atoms with Gasteiger partial charge in [-0.15, -0.1) is 0 Å². The van der Waals surface area contributed by atoms with Gasteiger partial charge in [-0.1, -0.05) is 24.3 Å². The second kappa shape index (κ2) is 10.3. The highest BCUT2D eigenvalue weighted by Gasteiger charge is 2.27. The molecular weight excluding hydrogens is 533 g/mol. The number of benzene rings is 2. The lowest BCUT2D eigenvalue weighted by atomic mass is 10.1. The first-order chi connectivity index (χ1) is 18.5. The molecule has 0 aliphatic rings. The van der Waals surface area contributed by atoms with Gasteiger partial charge in [-0.25, -0.2) is 28.1 Å². The van der Waals surface area contributed by atoms with Crippen LogP contribution < -0.4 is 10.6 Å². The van der Waals surface area contributed by atoms with Crippen molar-refractivity contribution in [3.8, 4) is 16.9 Å². The molecule has 0 atom stereocenters. The smallest absolute Gasteiger partial charge is 0.359 e. The molecule has 2 aromatic carbocycles. The highest BCUT2D eigenvalue weighted by Crippen LogP contribution is 2.27. The minimum atomic E-state index is -4.49. The van der Waals surface area contributed by atoms with E-state index in [0.29, 0.717) is 16.8 Å². The number of rotatable bonds is 8. The Kier molecular flexibility index (Phi) is 6.87. The summed E-state index contributed by atoms with van der Waals surface area (Å²) < 4.78 is 64.7. The number of fused-ring (bicyclic) bond motifs is 1. The fourth-order valence-corrected chi connectivity index (χ4v) is 4.45. The van der Waals surface area contributed by atoms with E-state index in [1.165, 1.54) is 18.5 Å². The molecule has 0 unspecified atom stereocenters. The monoisotopic (exact) mass is 554 g/mol. The summed E-state index contributed by atoms with van der Waals surface area (Å²) in [5.74, 6) is -0.00994. The highest BCUT2D eigenvalue weighted by molar-refractivity contribution is 7.90. The second-order valence-electron chi connectivity index (χ2n) is 8.59. The molecule has 3 aromatic heterocycles. The molecule has 39 heavy (non-hydrogen) atoms. The van der Waals surface area contributed by atoms with Crippen molar-refractivity contribution in [2.24, 2.45) is 0 Å². The van der Waals surface area contributed by atoms with Gasteiger partial charge in [-0.2, -0.15) is 23.3 Å². The number of pyridine rings is 1. The third-order valence-electron chi connectivity index (χ3n) is 5.60. The van der Waals surface area contributed by atoms with Crippen LogP contribution in [0.15, 0.2) is 78.2 Å². The zero-order chi connectivity index (χ0) is 27.6. The largest absolute Gasteiger partial charge is 0.405 e. The fraction of sp³-hybridized carbons (Fsp3) is 0.160. The predicted molar refractivity (Wildman–Crippen MR) is 139 cm³/mol. The molecular formula is C25H21F3N8O2S. The van der Waals surface area contributed by atoms with Gasteiger partial charge in [-0.05, 0) is 42.0 Å². The summed E-state index contributed by atoms with van der Waals surface area (Å²) in [4.78, 5) is 17.2. The molecule has 200 valence electrons. The highest BCUT2D eigenvalue weighted by atomic mass is 32.2. The first-order valence-corrected chi connectivity index (χ1v) is 13.4. The minimum Gasteiger partial charge on any atom is -0.359 e. The maximum Gasteiger partial charge on any atom is 0.405 e. The molecule has 0 aliphatic carbocycles.